The Labute approximate surface area is 78.6 Å². The first kappa shape index (κ1) is 9.99. The van der Waals surface area contributed by atoms with Crippen LogP contribution >= 0.6 is 12.6 Å². The predicted molar refractivity (Wildman–Crippen MR) is 40.1 cm³/mol. The normalized spacial score (nSPS) is 8.60. The van der Waals surface area contributed by atoms with Gasteiger partial charge in [0, 0.05) is 24.4 Å². The van der Waals surface area contributed by atoms with E-state index in [0.717, 1.165) is 5.56 Å². The van der Waals surface area contributed by atoms with Gasteiger partial charge in [-0.2, -0.15) is 0 Å². The zero-order valence-corrected chi connectivity index (χ0v) is 9.70. The van der Waals surface area contributed by atoms with E-state index in [4.69, 9.17) is 5.11 Å². The maximum absolute atomic E-state index is 9.13. The van der Waals surface area contributed by atoms with Crippen molar-refractivity contribution >= 4 is 12.6 Å². The summed E-state index contributed by atoms with van der Waals surface area (Å²) in [6.45, 7) is 1.84. The van der Waals surface area contributed by atoms with Gasteiger partial charge in [0.15, 0.2) is 0 Å². The van der Waals surface area contributed by atoms with E-state index < -0.39 is 0 Å². The molecule has 0 saturated carbocycles. The molecule has 0 unspecified atom stereocenters. The second-order valence-corrected chi connectivity index (χ2v) is 2.42. The maximum Gasteiger partial charge on any atom is 0.131 e. The molecule has 1 rings (SSSR count). The zero-order valence-electron chi connectivity index (χ0n) is 5.83. The molecule has 0 amide bonds. The summed E-state index contributed by atoms with van der Waals surface area (Å²) in [7, 11) is 0. The minimum Gasteiger partial charge on any atom is -0.507 e. The fourth-order valence-electron chi connectivity index (χ4n) is 0.643. The SMILES string of the molecule is Cc1cccc(S)c1O.[Zn]. The van der Waals surface area contributed by atoms with E-state index in [0.29, 0.717) is 4.90 Å². The molecule has 0 fully saturated rings. The molecule has 0 bridgehead atoms. The molecule has 0 aliphatic rings. The molecule has 3 heteroatoms. The number of rotatable bonds is 0. The summed E-state index contributed by atoms with van der Waals surface area (Å²) < 4.78 is 0. The van der Waals surface area contributed by atoms with Gasteiger partial charge in [-0.15, -0.1) is 12.6 Å². The molecule has 0 aliphatic heterocycles. The Morgan fingerprint density at radius 1 is 1.40 bits per heavy atom. The van der Waals surface area contributed by atoms with E-state index in [1.165, 1.54) is 0 Å². The van der Waals surface area contributed by atoms with Crippen LogP contribution in [-0.4, -0.2) is 5.11 Å². The molecule has 1 aromatic carbocycles. The molecule has 0 aromatic heterocycles. The first-order chi connectivity index (χ1) is 4.22. The molecule has 0 atom stereocenters. The summed E-state index contributed by atoms with van der Waals surface area (Å²) in [6.07, 6.45) is 0. The fraction of sp³-hybridized carbons (Fsp3) is 0.143. The van der Waals surface area contributed by atoms with E-state index in [9.17, 15) is 0 Å². The number of benzene rings is 1. The van der Waals surface area contributed by atoms with Crippen molar-refractivity contribution < 1.29 is 24.6 Å². The van der Waals surface area contributed by atoms with Crippen LogP contribution in [0.5, 0.6) is 5.75 Å². The second kappa shape index (κ2) is 3.99. The molecule has 0 spiro atoms. The number of para-hydroxylation sites is 1. The number of phenolic OH excluding ortho intramolecular Hbond substituents is 1. The molecule has 1 N–H and O–H groups in total. The topological polar surface area (TPSA) is 20.2 Å². The van der Waals surface area contributed by atoms with Gasteiger partial charge in [0.2, 0.25) is 0 Å². The van der Waals surface area contributed by atoms with Gasteiger partial charge < -0.3 is 5.11 Å². The molecule has 1 aromatic rings. The molecule has 10 heavy (non-hydrogen) atoms. The molecule has 0 aliphatic carbocycles. The first-order valence-electron chi connectivity index (χ1n) is 2.69. The van der Waals surface area contributed by atoms with Gasteiger partial charge in [-0.1, -0.05) is 12.1 Å². The summed E-state index contributed by atoms with van der Waals surface area (Å²) in [5.41, 5.74) is 0.863. The summed E-state index contributed by atoms with van der Waals surface area (Å²) in [5, 5.41) is 9.13. The molecule has 0 saturated heterocycles. The van der Waals surface area contributed by atoms with Crippen molar-refractivity contribution in [1.82, 2.24) is 0 Å². The summed E-state index contributed by atoms with van der Waals surface area (Å²) in [4.78, 5) is 0.634. The number of hydrogen-bond acceptors (Lipinski definition) is 2. The minimum absolute atomic E-state index is 0. The largest absolute Gasteiger partial charge is 0.507 e. The summed E-state index contributed by atoms with van der Waals surface area (Å²) in [5.74, 6) is 0.279. The van der Waals surface area contributed by atoms with E-state index in [1.54, 1.807) is 6.07 Å². The molecule has 0 heterocycles. The van der Waals surface area contributed by atoms with Crippen LogP contribution in [0.3, 0.4) is 0 Å². The van der Waals surface area contributed by atoms with Gasteiger partial charge in [0.05, 0.1) is 0 Å². The van der Waals surface area contributed by atoms with Crippen molar-refractivity contribution in [1.29, 1.82) is 0 Å². The average Bonchev–Trinajstić information content (AvgIpc) is 1.83. The Morgan fingerprint density at radius 2 is 2.00 bits per heavy atom. The third-order valence-electron chi connectivity index (χ3n) is 1.22. The van der Waals surface area contributed by atoms with Crippen LogP contribution in [0.4, 0.5) is 0 Å². The van der Waals surface area contributed by atoms with Gasteiger partial charge in [0.1, 0.15) is 5.75 Å². The van der Waals surface area contributed by atoms with Gasteiger partial charge in [-0.25, -0.2) is 0 Å². The third-order valence-corrected chi connectivity index (χ3v) is 1.58. The van der Waals surface area contributed by atoms with Crippen LogP contribution in [0.15, 0.2) is 23.1 Å². The predicted octanol–water partition coefficient (Wildman–Crippen LogP) is 1.99. The van der Waals surface area contributed by atoms with E-state index in [-0.39, 0.29) is 25.2 Å². The first-order valence-corrected chi connectivity index (χ1v) is 3.14. The number of aromatic hydroxyl groups is 1. The number of aryl methyl sites for hydroxylation is 1. The third kappa shape index (κ3) is 2.00. The van der Waals surface area contributed by atoms with E-state index in [1.807, 2.05) is 19.1 Å². The van der Waals surface area contributed by atoms with E-state index >= 15 is 0 Å². The van der Waals surface area contributed by atoms with Gasteiger partial charge in [0.25, 0.3) is 0 Å². The van der Waals surface area contributed by atoms with Crippen molar-refractivity contribution in [2.45, 2.75) is 11.8 Å². The van der Waals surface area contributed by atoms with Gasteiger partial charge in [-0.3, -0.25) is 0 Å². The van der Waals surface area contributed by atoms with Crippen LogP contribution < -0.4 is 0 Å². The Kier molecular flexibility index (Phi) is 3.99. The Hall–Kier alpha value is -0.00662. The molecular formula is C7H8OSZn. The van der Waals surface area contributed by atoms with Crippen LogP contribution in [-0.2, 0) is 19.5 Å². The van der Waals surface area contributed by atoms with Crippen molar-refractivity contribution in [2.75, 3.05) is 0 Å². The Bertz CT molecular complexity index is 205. The minimum atomic E-state index is 0. The Balaban J connectivity index is 0.000000810. The van der Waals surface area contributed by atoms with Crippen molar-refractivity contribution in [3.05, 3.63) is 23.8 Å². The number of hydrogen-bond donors (Lipinski definition) is 2. The monoisotopic (exact) mass is 204 g/mol. The smallest absolute Gasteiger partial charge is 0.131 e. The number of thiol groups is 1. The quantitative estimate of drug-likeness (QED) is 0.490. The van der Waals surface area contributed by atoms with E-state index in [2.05, 4.69) is 12.6 Å². The van der Waals surface area contributed by atoms with Crippen LogP contribution in [0, 0.1) is 6.92 Å². The fourth-order valence-corrected chi connectivity index (χ4v) is 0.906. The van der Waals surface area contributed by atoms with Crippen molar-refractivity contribution in [3.8, 4) is 5.75 Å². The van der Waals surface area contributed by atoms with Crippen molar-refractivity contribution in [2.24, 2.45) is 0 Å². The van der Waals surface area contributed by atoms with Crippen LogP contribution in [0.1, 0.15) is 5.56 Å². The summed E-state index contributed by atoms with van der Waals surface area (Å²) >= 11 is 4.02. The zero-order chi connectivity index (χ0) is 6.85. The van der Waals surface area contributed by atoms with Crippen LogP contribution in [0.25, 0.3) is 0 Å². The number of phenols is 1. The molecular weight excluding hydrogens is 198 g/mol. The van der Waals surface area contributed by atoms with Crippen molar-refractivity contribution in [3.63, 3.8) is 0 Å². The van der Waals surface area contributed by atoms with Gasteiger partial charge in [-0.05, 0) is 18.6 Å². The maximum atomic E-state index is 9.13. The molecule has 1 nitrogen and oxygen atoms in total. The van der Waals surface area contributed by atoms with Gasteiger partial charge >= 0.3 is 0 Å². The van der Waals surface area contributed by atoms with Crippen LogP contribution in [0.2, 0.25) is 0 Å². The second-order valence-electron chi connectivity index (χ2n) is 1.94. The molecule has 0 radical (unpaired) electrons. The summed E-state index contributed by atoms with van der Waals surface area (Å²) in [6, 6.07) is 5.46. The Morgan fingerprint density at radius 3 is 2.40 bits per heavy atom. The molecule has 50 valence electrons. The standard InChI is InChI=1S/C7H8OS.Zn/c1-5-3-2-4-6(9)7(5)8;/h2-4,8-9H,1H3;. The average molecular weight is 206 g/mol.